The summed E-state index contributed by atoms with van der Waals surface area (Å²) in [5.74, 6) is -6.85. The minimum atomic E-state index is -5.22. The third kappa shape index (κ3) is 14.4. The molecular formula is C29H35F3N6O10. The van der Waals surface area contributed by atoms with Crippen molar-refractivity contribution in [2.75, 3.05) is 32.9 Å². The summed E-state index contributed by atoms with van der Waals surface area (Å²) in [6, 6.07) is 7.14. The molecule has 1 aliphatic heterocycles. The number of carboxylic acid groups (broad SMARTS) is 1. The van der Waals surface area contributed by atoms with E-state index in [1.807, 2.05) is 5.32 Å². The smallest absolute Gasteiger partial charge is 0.425 e. The summed E-state index contributed by atoms with van der Waals surface area (Å²) in [4.78, 5) is 96.3. The number of amides is 7. The van der Waals surface area contributed by atoms with Gasteiger partial charge in [-0.3, -0.25) is 38.5 Å². The number of carbonyl (C=O) groups excluding carboxylic acids is 7. The number of hydrogen-bond donors (Lipinski definition) is 6. The number of benzene rings is 1. The molecule has 0 spiro atoms. The number of alkyl halides is 3. The molecule has 2 rings (SSSR count). The van der Waals surface area contributed by atoms with Crippen LogP contribution in [0.5, 0.6) is 0 Å². The highest BCUT2D eigenvalue weighted by molar-refractivity contribution is 6.12. The highest BCUT2D eigenvalue weighted by Gasteiger charge is 2.46. The van der Waals surface area contributed by atoms with Crippen LogP contribution in [-0.2, 0) is 49.5 Å². The Morgan fingerprint density at radius 1 is 0.771 bits per heavy atom. The second-order valence-electron chi connectivity index (χ2n) is 10.2. The van der Waals surface area contributed by atoms with Gasteiger partial charge in [-0.2, -0.15) is 13.2 Å². The van der Waals surface area contributed by atoms with Crippen LogP contribution in [-0.4, -0.2) is 109 Å². The first-order valence-corrected chi connectivity index (χ1v) is 14.5. The van der Waals surface area contributed by atoms with E-state index in [0.29, 0.717) is 24.8 Å². The fourth-order valence-corrected chi connectivity index (χ4v) is 4.06. The standard InChI is InChI=1S/C29H35F3N6O10/c30-29(31,32)26(28(46)47)48-17-36-22(41)15-35-27(45)19(13-18-7-3-1-4-8-18)37-23(42)16-34-21(40)14-33-20(39)9-5-2-6-12-38-24(43)10-11-25(38)44/h1,3-4,7-8,10-11,19,26H,2,5-6,9,12-17H2,(H,33,39)(H,34,40)(H,35,45)(H,36,41)(H,37,42)(H,46,47)/t19-,26?/m0/s1. The maximum absolute atomic E-state index is 12.8. The predicted molar refractivity (Wildman–Crippen MR) is 157 cm³/mol. The van der Waals surface area contributed by atoms with Crippen LogP contribution in [0.15, 0.2) is 42.5 Å². The van der Waals surface area contributed by atoms with Gasteiger partial charge < -0.3 is 36.4 Å². The predicted octanol–water partition coefficient (Wildman–Crippen LogP) is -1.35. The van der Waals surface area contributed by atoms with Gasteiger partial charge in [0.25, 0.3) is 17.9 Å². The van der Waals surface area contributed by atoms with E-state index in [2.05, 4.69) is 26.0 Å². The molecular weight excluding hydrogens is 649 g/mol. The van der Waals surface area contributed by atoms with Crippen molar-refractivity contribution in [3.63, 3.8) is 0 Å². The van der Waals surface area contributed by atoms with Gasteiger partial charge in [-0.25, -0.2) is 4.79 Å². The number of ether oxygens (including phenoxy) is 1. The lowest BCUT2D eigenvalue weighted by Crippen LogP contribution is -2.52. The summed E-state index contributed by atoms with van der Waals surface area (Å²) < 4.78 is 42.1. The minimum absolute atomic E-state index is 0.0411. The molecule has 1 aromatic carbocycles. The fourth-order valence-electron chi connectivity index (χ4n) is 4.06. The highest BCUT2D eigenvalue weighted by Crippen LogP contribution is 2.22. The zero-order valence-electron chi connectivity index (χ0n) is 25.5. The molecule has 2 atom stereocenters. The third-order valence-electron chi connectivity index (χ3n) is 6.48. The first kappa shape index (κ1) is 38.9. The number of carboxylic acids is 1. The van der Waals surface area contributed by atoms with E-state index in [1.54, 1.807) is 30.3 Å². The van der Waals surface area contributed by atoms with E-state index in [4.69, 9.17) is 5.11 Å². The Morgan fingerprint density at radius 3 is 1.98 bits per heavy atom. The van der Waals surface area contributed by atoms with Crippen LogP contribution >= 0.6 is 0 Å². The molecule has 0 fully saturated rings. The van der Waals surface area contributed by atoms with Gasteiger partial charge in [0.15, 0.2) is 0 Å². The van der Waals surface area contributed by atoms with Crippen molar-refractivity contribution in [3.8, 4) is 0 Å². The third-order valence-corrected chi connectivity index (χ3v) is 6.48. The van der Waals surface area contributed by atoms with Crippen molar-refractivity contribution in [2.24, 2.45) is 0 Å². The number of unbranched alkanes of at least 4 members (excludes halogenated alkanes) is 2. The van der Waals surface area contributed by atoms with E-state index in [-0.39, 0.29) is 31.2 Å². The van der Waals surface area contributed by atoms with Gasteiger partial charge in [-0.15, -0.1) is 0 Å². The second kappa shape index (κ2) is 19.4. The van der Waals surface area contributed by atoms with Crippen molar-refractivity contribution < 1.29 is 61.4 Å². The number of carbonyl (C=O) groups is 8. The van der Waals surface area contributed by atoms with Crippen molar-refractivity contribution in [3.05, 3.63) is 48.0 Å². The fraction of sp³-hybridized carbons (Fsp3) is 0.448. The molecule has 7 amide bonds. The highest BCUT2D eigenvalue weighted by atomic mass is 19.4. The Balaban J connectivity index is 1.74. The molecule has 0 aromatic heterocycles. The average Bonchev–Trinajstić information content (AvgIpc) is 3.35. The Kier molecular flexibility index (Phi) is 15.7. The Labute approximate surface area is 271 Å². The van der Waals surface area contributed by atoms with Crippen LogP contribution < -0.4 is 26.6 Å². The summed E-state index contributed by atoms with van der Waals surface area (Å²) in [5, 5.41) is 19.8. The number of hydrogen-bond acceptors (Lipinski definition) is 9. The van der Waals surface area contributed by atoms with Gasteiger partial charge in [0.1, 0.15) is 12.8 Å². The zero-order valence-corrected chi connectivity index (χ0v) is 25.5. The summed E-state index contributed by atoms with van der Waals surface area (Å²) >= 11 is 0. The van der Waals surface area contributed by atoms with Gasteiger partial charge >= 0.3 is 12.1 Å². The monoisotopic (exact) mass is 684 g/mol. The number of halogens is 3. The summed E-state index contributed by atoms with van der Waals surface area (Å²) in [6.07, 6.45) is -4.46. The summed E-state index contributed by atoms with van der Waals surface area (Å²) in [5.41, 5.74) is 0.615. The van der Waals surface area contributed by atoms with Gasteiger partial charge in [0.2, 0.25) is 29.5 Å². The molecule has 1 aliphatic rings. The van der Waals surface area contributed by atoms with Crippen molar-refractivity contribution >= 4 is 47.3 Å². The Hall–Kier alpha value is -5.33. The topological polar surface area (TPSA) is 229 Å². The van der Waals surface area contributed by atoms with Gasteiger partial charge in [0.05, 0.1) is 19.6 Å². The van der Waals surface area contributed by atoms with Crippen LogP contribution in [0.2, 0.25) is 0 Å². The molecule has 0 radical (unpaired) electrons. The maximum Gasteiger partial charge on any atom is 0.425 e. The maximum atomic E-state index is 12.8. The molecule has 1 unspecified atom stereocenters. The zero-order chi connectivity index (χ0) is 35.7. The number of aliphatic carboxylic acids is 1. The van der Waals surface area contributed by atoms with Crippen LogP contribution in [0.25, 0.3) is 0 Å². The lowest BCUT2D eigenvalue weighted by molar-refractivity contribution is -0.228. The molecule has 6 N–H and O–H groups in total. The van der Waals surface area contributed by atoms with Crippen LogP contribution in [0.4, 0.5) is 13.2 Å². The molecule has 48 heavy (non-hydrogen) atoms. The normalized spacial score (nSPS) is 13.8. The van der Waals surface area contributed by atoms with E-state index in [1.165, 1.54) is 12.2 Å². The molecule has 0 bridgehead atoms. The SMILES string of the molecule is O=C(CCCCCN1C(=O)C=CC1=O)NCC(=O)NCC(=O)N[C@@H](Cc1ccccc1)C(=O)NCC(=O)NCOC(C(=O)O)C(F)(F)F. The van der Waals surface area contributed by atoms with Crippen LogP contribution in [0.1, 0.15) is 31.2 Å². The molecule has 0 saturated heterocycles. The second-order valence-corrected chi connectivity index (χ2v) is 10.2. The van der Waals surface area contributed by atoms with Crippen LogP contribution in [0.3, 0.4) is 0 Å². The number of imide groups is 1. The van der Waals surface area contributed by atoms with E-state index in [9.17, 15) is 51.5 Å². The van der Waals surface area contributed by atoms with Crippen molar-refractivity contribution in [1.29, 1.82) is 0 Å². The number of rotatable bonds is 20. The summed E-state index contributed by atoms with van der Waals surface area (Å²) in [7, 11) is 0. The first-order valence-electron chi connectivity index (χ1n) is 14.5. The molecule has 1 aromatic rings. The molecule has 0 saturated carbocycles. The first-order chi connectivity index (χ1) is 22.7. The minimum Gasteiger partial charge on any atom is -0.479 e. The Morgan fingerprint density at radius 2 is 1.35 bits per heavy atom. The van der Waals surface area contributed by atoms with E-state index >= 15 is 0 Å². The van der Waals surface area contributed by atoms with Gasteiger partial charge in [-0.1, -0.05) is 36.8 Å². The van der Waals surface area contributed by atoms with Crippen LogP contribution in [0, 0.1) is 0 Å². The average molecular weight is 685 g/mol. The number of nitrogens with zero attached hydrogens (tertiary/aromatic N) is 1. The molecule has 0 aliphatic carbocycles. The quantitative estimate of drug-likeness (QED) is 0.0538. The lowest BCUT2D eigenvalue weighted by atomic mass is 10.1. The lowest BCUT2D eigenvalue weighted by Gasteiger charge is -2.19. The molecule has 1 heterocycles. The summed E-state index contributed by atoms with van der Waals surface area (Å²) in [6.45, 7) is -2.63. The van der Waals surface area contributed by atoms with Crippen molar-refractivity contribution in [2.45, 2.75) is 50.4 Å². The molecule has 16 nitrogen and oxygen atoms in total. The molecule has 262 valence electrons. The van der Waals surface area contributed by atoms with E-state index < -0.39 is 80.2 Å². The van der Waals surface area contributed by atoms with Gasteiger partial charge in [0, 0.05) is 31.5 Å². The largest absolute Gasteiger partial charge is 0.479 e. The van der Waals surface area contributed by atoms with E-state index in [0.717, 1.165) is 4.90 Å². The van der Waals surface area contributed by atoms with Gasteiger partial charge in [-0.05, 0) is 18.4 Å². The molecule has 19 heteroatoms. The van der Waals surface area contributed by atoms with Crippen molar-refractivity contribution in [1.82, 2.24) is 31.5 Å². The Bertz CT molecular complexity index is 1350. The number of nitrogens with one attached hydrogen (secondary N) is 5.